The second kappa shape index (κ2) is 8.16. The second-order valence-corrected chi connectivity index (χ2v) is 7.00. The Balaban J connectivity index is 1.51. The lowest BCUT2D eigenvalue weighted by Gasteiger charge is -2.23. The summed E-state index contributed by atoms with van der Waals surface area (Å²) in [5.41, 5.74) is 0. The first-order valence-electron chi connectivity index (χ1n) is 8.33. The zero-order valence-electron chi connectivity index (χ0n) is 13.2. The molecule has 0 aliphatic heterocycles. The number of benzene rings is 1. The maximum atomic E-state index is 12.3. The maximum absolute atomic E-state index is 12.3. The fourth-order valence-corrected chi connectivity index (χ4v) is 4.07. The van der Waals surface area contributed by atoms with Crippen molar-refractivity contribution >= 4 is 17.2 Å². The van der Waals surface area contributed by atoms with Gasteiger partial charge in [0.1, 0.15) is 5.75 Å². The Hall–Kier alpha value is -1.81. The first-order chi connectivity index (χ1) is 11.3. The van der Waals surface area contributed by atoms with E-state index in [2.05, 4.69) is 22.8 Å². The van der Waals surface area contributed by atoms with E-state index >= 15 is 0 Å². The predicted molar refractivity (Wildman–Crippen MR) is 93.7 cm³/mol. The van der Waals surface area contributed by atoms with Crippen LogP contribution < -0.4 is 10.1 Å². The molecule has 1 aromatic carbocycles. The summed E-state index contributed by atoms with van der Waals surface area (Å²) in [6.07, 6.45) is 5.37. The van der Waals surface area contributed by atoms with Gasteiger partial charge in [-0.2, -0.15) is 0 Å². The van der Waals surface area contributed by atoms with Crippen LogP contribution in [-0.4, -0.2) is 12.5 Å². The van der Waals surface area contributed by atoms with Crippen LogP contribution in [0.25, 0.3) is 0 Å². The summed E-state index contributed by atoms with van der Waals surface area (Å²) < 4.78 is 5.62. The molecular weight excluding hydrogens is 306 g/mol. The van der Waals surface area contributed by atoms with Gasteiger partial charge < -0.3 is 10.1 Å². The van der Waals surface area contributed by atoms with Gasteiger partial charge in [-0.15, -0.1) is 11.3 Å². The topological polar surface area (TPSA) is 38.3 Å². The molecule has 0 bridgehead atoms. The zero-order valence-corrected chi connectivity index (χ0v) is 14.1. The Labute approximate surface area is 141 Å². The molecule has 1 heterocycles. The highest BCUT2D eigenvalue weighted by Gasteiger charge is 2.28. The van der Waals surface area contributed by atoms with E-state index in [-0.39, 0.29) is 11.9 Å². The van der Waals surface area contributed by atoms with Crippen molar-refractivity contribution in [2.24, 2.45) is 5.92 Å². The van der Waals surface area contributed by atoms with Gasteiger partial charge in [-0.3, -0.25) is 4.79 Å². The second-order valence-electron chi connectivity index (χ2n) is 6.02. The maximum Gasteiger partial charge on any atom is 0.223 e. The Morgan fingerprint density at radius 3 is 2.65 bits per heavy atom. The number of rotatable bonds is 7. The molecule has 0 spiro atoms. The largest absolute Gasteiger partial charge is 0.493 e. The highest BCUT2D eigenvalue weighted by Crippen LogP contribution is 2.37. The number of thiophene rings is 1. The number of ether oxygens (including phenoxy) is 1. The molecule has 4 heteroatoms. The molecule has 0 radical (unpaired) electrons. The molecule has 1 aliphatic rings. The number of carbonyl (C=O) groups excluding carboxylic acids is 1. The fourth-order valence-electron chi connectivity index (χ4n) is 3.20. The van der Waals surface area contributed by atoms with E-state index < -0.39 is 0 Å². The van der Waals surface area contributed by atoms with Gasteiger partial charge in [-0.1, -0.05) is 37.1 Å². The van der Waals surface area contributed by atoms with E-state index in [4.69, 9.17) is 4.74 Å². The molecule has 1 atom stereocenters. The Bertz CT molecular complexity index is 591. The van der Waals surface area contributed by atoms with Gasteiger partial charge in [0.2, 0.25) is 5.91 Å². The summed E-state index contributed by atoms with van der Waals surface area (Å²) in [5.74, 6) is 1.46. The molecule has 1 amide bonds. The monoisotopic (exact) mass is 329 g/mol. The molecule has 3 nitrogen and oxygen atoms in total. The number of carbonyl (C=O) groups is 1. The van der Waals surface area contributed by atoms with Crippen LogP contribution in [0.2, 0.25) is 0 Å². The first-order valence-corrected chi connectivity index (χ1v) is 9.21. The van der Waals surface area contributed by atoms with Crippen LogP contribution in [0.4, 0.5) is 0 Å². The summed E-state index contributed by atoms with van der Waals surface area (Å²) >= 11 is 1.73. The average molecular weight is 329 g/mol. The van der Waals surface area contributed by atoms with E-state index in [1.165, 1.54) is 30.6 Å². The Morgan fingerprint density at radius 1 is 1.17 bits per heavy atom. The van der Waals surface area contributed by atoms with Crippen LogP contribution >= 0.6 is 11.3 Å². The zero-order chi connectivity index (χ0) is 15.9. The molecule has 2 aromatic rings. The SMILES string of the molecule is O=C(CCOc1ccccc1)N[C@H](c1cccs1)C1CCCC1. The van der Waals surface area contributed by atoms with Gasteiger partial charge in [0.15, 0.2) is 0 Å². The number of hydrogen-bond acceptors (Lipinski definition) is 3. The molecular formula is C19H23NO2S. The molecule has 3 rings (SSSR count). The van der Waals surface area contributed by atoms with E-state index in [0.29, 0.717) is 18.9 Å². The minimum Gasteiger partial charge on any atom is -0.493 e. The third-order valence-electron chi connectivity index (χ3n) is 4.38. The smallest absolute Gasteiger partial charge is 0.223 e. The Kier molecular flexibility index (Phi) is 5.70. The van der Waals surface area contributed by atoms with Gasteiger partial charge in [0.25, 0.3) is 0 Å². The van der Waals surface area contributed by atoms with Crippen LogP contribution in [0, 0.1) is 5.92 Å². The molecule has 1 fully saturated rings. The standard InChI is InChI=1S/C19H23NO2S/c21-18(12-13-22-16-9-2-1-3-10-16)20-19(15-7-4-5-8-15)17-11-6-14-23-17/h1-3,6,9-11,14-15,19H,4-5,7-8,12-13H2,(H,20,21)/t19-/m0/s1. The van der Waals surface area contributed by atoms with Gasteiger partial charge in [-0.25, -0.2) is 0 Å². The van der Waals surface area contributed by atoms with Crippen LogP contribution in [0.1, 0.15) is 43.0 Å². The summed E-state index contributed by atoms with van der Waals surface area (Å²) in [7, 11) is 0. The van der Waals surface area contributed by atoms with Crippen molar-refractivity contribution in [2.75, 3.05) is 6.61 Å². The van der Waals surface area contributed by atoms with Crippen LogP contribution in [0.5, 0.6) is 5.75 Å². The summed E-state index contributed by atoms with van der Waals surface area (Å²) in [6, 6.07) is 14.0. The van der Waals surface area contributed by atoms with Crippen molar-refractivity contribution in [3.8, 4) is 5.75 Å². The summed E-state index contributed by atoms with van der Waals surface area (Å²) in [4.78, 5) is 13.6. The number of para-hydroxylation sites is 1. The summed E-state index contributed by atoms with van der Waals surface area (Å²) in [6.45, 7) is 0.414. The molecule has 1 aromatic heterocycles. The first kappa shape index (κ1) is 16.1. The number of nitrogens with one attached hydrogen (secondary N) is 1. The van der Waals surface area contributed by atoms with Gasteiger partial charge in [0, 0.05) is 4.88 Å². The molecule has 1 saturated carbocycles. The average Bonchev–Trinajstić information content (AvgIpc) is 3.27. The van der Waals surface area contributed by atoms with E-state index in [1.54, 1.807) is 11.3 Å². The quantitative estimate of drug-likeness (QED) is 0.808. The molecule has 0 unspecified atom stereocenters. The lowest BCUT2D eigenvalue weighted by Crippen LogP contribution is -2.33. The van der Waals surface area contributed by atoms with E-state index in [1.807, 2.05) is 30.3 Å². The molecule has 23 heavy (non-hydrogen) atoms. The van der Waals surface area contributed by atoms with E-state index in [9.17, 15) is 4.79 Å². The van der Waals surface area contributed by atoms with Gasteiger partial charge in [-0.05, 0) is 42.3 Å². The minimum absolute atomic E-state index is 0.0752. The summed E-state index contributed by atoms with van der Waals surface area (Å²) in [5, 5.41) is 5.32. The van der Waals surface area contributed by atoms with Crippen molar-refractivity contribution < 1.29 is 9.53 Å². The van der Waals surface area contributed by atoms with Gasteiger partial charge in [0.05, 0.1) is 19.1 Å². The number of hydrogen-bond donors (Lipinski definition) is 1. The number of amides is 1. The minimum atomic E-state index is 0.0752. The molecule has 1 aliphatic carbocycles. The highest BCUT2D eigenvalue weighted by molar-refractivity contribution is 7.10. The molecule has 122 valence electrons. The van der Waals surface area contributed by atoms with Gasteiger partial charge >= 0.3 is 0 Å². The van der Waals surface area contributed by atoms with E-state index in [0.717, 1.165) is 5.75 Å². The predicted octanol–water partition coefficient (Wildman–Crippen LogP) is 4.56. The highest BCUT2D eigenvalue weighted by atomic mass is 32.1. The van der Waals surface area contributed by atoms with Crippen molar-refractivity contribution in [2.45, 2.75) is 38.1 Å². The third-order valence-corrected chi connectivity index (χ3v) is 5.33. The van der Waals surface area contributed by atoms with Crippen molar-refractivity contribution in [1.82, 2.24) is 5.32 Å². The van der Waals surface area contributed by atoms with Crippen molar-refractivity contribution in [3.05, 3.63) is 52.7 Å². The van der Waals surface area contributed by atoms with Crippen LogP contribution in [-0.2, 0) is 4.79 Å². The normalized spacial score (nSPS) is 16.2. The fraction of sp³-hybridized carbons (Fsp3) is 0.421. The lowest BCUT2D eigenvalue weighted by molar-refractivity contribution is -0.122. The van der Waals surface area contributed by atoms with Crippen LogP contribution in [0.15, 0.2) is 47.8 Å². The third kappa shape index (κ3) is 4.58. The van der Waals surface area contributed by atoms with Crippen LogP contribution in [0.3, 0.4) is 0 Å². The van der Waals surface area contributed by atoms with Crippen molar-refractivity contribution in [1.29, 1.82) is 0 Å². The lowest BCUT2D eigenvalue weighted by atomic mass is 9.96. The molecule has 1 N–H and O–H groups in total. The molecule has 0 saturated heterocycles. The Morgan fingerprint density at radius 2 is 1.96 bits per heavy atom. The van der Waals surface area contributed by atoms with Crippen molar-refractivity contribution in [3.63, 3.8) is 0 Å².